The molecule has 5 nitrogen and oxygen atoms in total. The molecule has 25 heavy (non-hydrogen) atoms. The number of para-hydroxylation sites is 1. The molecule has 0 saturated carbocycles. The second-order valence-corrected chi connectivity index (χ2v) is 6.69. The lowest BCUT2D eigenvalue weighted by molar-refractivity contribution is -0.274. The van der Waals surface area contributed by atoms with E-state index in [2.05, 4.69) is 14.4 Å². The summed E-state index contributed by atoms with van der Waals surface area (Å²) in [7, 11) is -3.99. The van der Waals surface area contributed by atoms with Gasteiger partial charge >= 0.3 is 6.36 Å². The van der Waals surface area contributed by atoms with E-state index in [9.17, 15) is 21.6 Å². The number of benzene rings is 2. The van der Waals surface area contributed by atoms with Crippen LogP contribution in [0.5, 0.6) is 5.75 Å². The lowest BCUT2D eigenvalue weighted by Crippen LogP contribution is -2.17. The Morgan fingerprint density at radius 3 is 2.32 bits per heavy atom. The number of hydrogen-bond acceptors (Lipinski definition) is 4. The number of nitrogens with zero attached hydrogens (tertiary/aromatic N) is 1. The standard InChI is InChI=1S/C16H11F3N2O3S/c17-16(18,19)24-12-6-8-13(9-7-12)25(22,23)21-14-5-1-3-11-4-2-10-20-15(11)14/h1-10,21H. The van der Waals surface area contributed by atoms with Crippen molar-refractivity contribution in [2.75, 3.05) is 4.72 Å². The normalized spacial score (nSPS) is 12.1. The third-order valence-electron chi connectivity index (χ3n) is 3.24. The number of sulfonamides is 1. The third kappa shape index (κ3) is 4.00. The van der Waals surface area contributed by atoms with Crippen LogP contribution in [0.4, 0.5) is 18.9 Å². The van der Waals surface area contributed by atoms with Gasteiger partial charge in [-0.05, 0) is 36.4 Å². The van der Waals surface area contributed by atoms with E-state index in [1.54, 1.807) is 30.3 Å². The fourth-order valence-corrected chi connectivity index (χ4v) is 3.28. The second kappa shape index (κ2) is 6.25. The van der Waals surface area contributed by atoms with Crippen molar-refractivity contribution >= 4 is 26.6 Å². The Kier molecular flexibility index (Phi) is 4.25. The first-order chi connectivity index (χ1) is 11.7. The molecule has 0 aliphatic carbocycles. The maximum atomic E-state index is 12.4. The van der Waals surface area contributed by atoms with Gasteiger partial charge in [0.2, 0.25) is 0 Å². The van der Waals surface area contributed by atoms with Crippen LogP contribution in [0.1, 0.15) is 0 Å². The number of alkyl halides is 3. The fourth-order valence-electron chi connectivity index (χ4n) is 2.21. The highest BCUT2D eigenvalue weighted by atomic mass is 32.2. The van der Waals surface area contributed by atoms with Crippen LogP contribution in [0.2, 0.25) is 0 Å². The molecular weight excluding hydrogens is 357 g/mol. The van der Waals surface area contributed by atoms with Gasteiger partial charge in [-0.1, -0.05) is 18.2 Å². The first kappa shape index (κ1) is 17.0. The Bertz CT molecular complexity index is 998. The molecule has 0 fully saturated rings. The highest BCUT2D eigenvalue weighted by molar-refractivity contribution is 7.92. The molecule has 0 unspecified atom stereocenters. The number of anilines is 1. The van der Waals surface area contributed by atoms with Crippen molar-refractivity contribution < 1.29 is 26.3 Å². The molecule has 9 heteroatoms. The number of fused-ring (bicyclic) bond motifs is 1. The van der Waals surface area contributed by atoms with Crippen molar-refractivity contribution in [1.29, 1.82) is 0 Å². The zero-order valence-electron chi connectivity index (χ0n) is 12.5. The maximum absolute atomic E-state index is 12.4. The predicted molar refractivity (Wildman–Crippen MR) is 85.7 cm³/mol. The van der Waals surface area contributed by atoms with Crippen LogP contribution in [0, 0.1) is 0 Å². The molecule has 0 amide bonds. The zero-order valence-corrected chi connectivity index (χ0v) is 13.3. The summed E-state index contributed by atoms with van der Waals surface area (Å²) < 4.78 is 67.4. The smallest absolute Gasteiger partial charge is 0.406 e. The van der Waals surface area contributed by atoms with Gasteiger partial charge in [-0.2, -0.15) is 0 Å². The lowest BCUT2D eigenvalue weighted by Gasteiger charge is -2.11. The van der Waals surface area contributed by atoms with Crippen LogP contribution >= 0.6 is 0 Å². The minimum atomic E-state index is -4.84. The molecule has 1 aromatic heterocycles. The third-order valence-corrected chi connectivity index (χ3v) is 4.63. The van der Waals surface area contributed by atoms with Crippen molar-refractivity contribution in [2.24, 2.45) is 0 Å². The molecule has 130 valence electrons. The zero-order chi connectivity index (χ0) is 18.1. The summed E-state index contributed by atoms with van der Waals surface area (Å²) in [5, 5.41) is 0.747. The average molecular weight is 368 g/mol. The van der Waals surface area contributed by atoms with Crippen molar-refractivity contribution in [3.05, 3.63) is 60.8 Å². The van der Waals surface area contributed by atoms with Crippen LogP contribution < -0.4 is 9.46 Å². The van der Waals surface area contributed by atoms with E-state index in [-0.39, 0.29) is 10.6 Å². The van der Waals surface area contributed by atoms with Gasteiger partial charge in [0, 0.05) is 11.6 Å². The monoisotopic (exact) mass is 368 g/mol. The second-order valence-electron chi connectivity index (χ2n) is 5.01. The number of pyridine rings is 1. The van der Waals surface area contributed by atoms with Gasteiger partial charge in [-0.15, -0.1) is 13.2 Å². The van der Waals surface area contributed by atoms with Gasteiger partial charge in [-0.25, -0.2) is 8.42 Å². The SMILES string of the molecule is O=S(=O)(Nc1cccc2cccnc12)c1ccc(OC(F)(F)F)cc1. The number of halogens is 3. The van der Waals surface area contributed by atoms with E-state index in [0.717, 1.165) is 29.7 Å². The van der Waals surface area contributed by atoms with Crippen LogP contribution in [0.15, 0.2) is 65.7 Å². The van der Waals surface area contributed by atoms with Crippen molar-refractivity contribution in [2.45, 2.75) is 11.3 Å². The molecule has 0 saturated heterocycles. The largest absolute Gasteiger partial charge is 0.573 e. The summed E-state index contributed by atoms with van der Waals surface area (Å²) in [5.74, 6) is -0.502. The molecule has 0 spiro atoms. The first-order valence-corrected chi connectivity index (χ1v) is 8.45. The van der Waals surface area contributed by atoms with Gasteiger partial charge in [-0.3, -0.25) is 9.71 Å². The summed E-state index contributed by atoms with van der Waals surface area (Å²) in [6.45, 7) is 0. The molecular formula is C16H11F3N2O3S. The summed E-state index contributed by atoms with van der Waals surface area (Å²) in [6, 6.07) is 12.4. The Morgan fingerprint density at radius 2 is 1.64 bits per heavy atom. The molecule has 0 bridgehead atoms. The Balaban J connectivity index is 1.89. The molecule has 0 radical (unpaired) electrons. The van der Waals surface area contributed by atoms with Crippen LogP contribution in [0.25, 0.3) is 10.9 Å². The van der Waals surface area contributed by atoms with Crippen molar-refractivity contribution in [3.63, 3.8) is 0 Å². The maximum Gasteiger partial charge on any atom is 0.573 e. The molecule has 2 aromatic carbocycles. The van der Waals surface area contributed by atoms with E-state index in [1.807, 2.05) is 0 Å². The van der Waals surface area contributed by atoms with Crippen LogP contribution in [0.3, 0.4) is 0 Å². The lowest BCUT2D eigenvalue weighted by atomic mass is 10.2. The summed E-state index contributed by atoms with van der Waals surface area (Å²) in [5.41, 5.74) is 0.735. The molecule has 0 aliphatic rings. The summed E-state index contributed by atoms with van der Waals surface area (Å²) in [4.78, 5) is 3.94. The van der Waals surface area contributed by atoms with E-state index in [1.165, 1.54) is 6.20 Å². The molecule has 1 N–H and O–H groups in total. The van der Waals surface area contributed by atoms with Crippen LogP contribution in [-0.2, 0) is 10.0 Å². The highest BCUT2D eigenvalue weighted by Gasteiger charge is 2.31. The van der Waals surface area contributed by atoms with Gasteiger partial charge < -0.3 is 4.74 Å². The van der Waals surface area contributed by atoms with Gasteiger partial charge in [0.1, 0.15) is 5.75 Å². The van der Waals surface area contributed by atoms with Gasteiger partial charge in [0.15, 0.2) is 0 Å². The number of rotatable bonds is 4. The Morgan fingerprint density at radius 1 is 0.960 bits per heavy atom. The molecule has 0 atom stereocenters. The van der Waals surface area contributed by atoms with Crippen molar-refractivity contribution in [3.8, 4) is 5.75 Å². The summed E-state index contributed by atoms with van der Waals surface area (Å²) >= 11 is 0. The van der Waals surface area contributed by atoms with E-state index >= 15 is 0 Å². The highest BCUT2D eigenvalue weighted by Crippen LogP contribution is 2.26. The predicted octanol–water partition coefficient (Wildman–Crippen LogP) is 3.93. The number of hydrogen-bond donors (Lipinski definition) is 1. The number of aromatic nitrogens is 1. The van der Waals surface area contributed by atoms with Gasteiger partial charge in [0.05, 0.1) is 16.1 Å². The number of ether oxygens (including phenoxy) is 1. The van der Waals surface area contributed by atoms with Crippen molar-refractivity contribution in [1.82, 2.24) is 4.98 Å². The van der Waals surface area contributed by atoms with E-state index in [4.69, 9.17) is 0 Å². The van der Waals surface area contributed by atoms with E-state index in [0.29, 0.717) is 5.52 Å². The quantitative estimate of drug-likeness (QED) is 0.758. The Hall–Kier alpha value is -2.81. The van der Waals surface area contributed by atoms with Crippen LogP contribution in [-0.4, -0.2) is 19.8 Å². The fraction of sp³-hybridized carbons (Fsp3) is 0.0625. The van der Waals surface area contributed by atoms with E-state index < -0.39 is 22.1 Å². The molecule has 3 rings (SSSR count). The topological polar surface area (TPSA) is 68.3 Å². The Labute approximate surface area is 141 Å². The average Bonchev–Trinajstić information content (AvgIpc) is 2.54. The van der Waals surface area contributed by atoms with Gasteiger partial charge in [0.25, 0.3) is 10.0 Å². The summed E-state index contributed by atoms with van der Waals surface area (Å²) in [6.07, 6.45) is -3.31. The first-order valence-electron chi connectivity index (χ1n) is 6.97. The molecule has 3 aromatic rings. The number of nitrogens with one attached hydrogen (secondary N) is 1. The minimum absolute atomic E-state index is 0.199. The molecule has 0 aliphatic heterocycles. The minimum Gasteiger partial charge on any atom is -0.406 e. The molecule has 1 heterocycles.